The maximum absolute atomic E-state index is 12.8. The van der Waals surface area contributed by atoms with E-state index in [0.717, 1.165) is 12.1 Å². The molecule has 5 heteroatoms. The fourth-order valence-corrected chi connectivity index (χ4v) is 3.19. The van der Waals surface area contributed by atoms with E-state index < -0.39 is 0 Å². The molecule has 3 rings (SSSR count). The molecule has 1 aliphatic heterocycles. The Labute approximate surface area is 133 Å². The van der Waals surface area contributed by atoms with Crippen molar-refractivity contribution in [3.8, 4) is 0 Å². The van der Waals surface area contributed by atoms with Gasteiger partial charge in [-0.1, -0.05) is 48.3 Å². The van der Waals surface area contributed by atoms with E-state index in [1.165, 1.54) is 5.56 Å². The monoisotopic (exact) mass is 320 g/mol. The summed E-state index contributed by atoms with van der Waals surface area (Å²) in [5.74, 6) is 0.317. The second-order valence-electron chi connectivity index (χ2n) is 5.36. The summed E-state index contributed by atoms with van der Waals surface area (Å²) < 4.78 is 0. The van der Waals surface area contributed by atoms with E-state index in [9.17, 15) is 4.79 Å². The Kier molecular flexibility index (Phi) is 3.87. The number of carbonyl (C=O) groups is 1. The molecule has 108 valence electrons. The largest absolute Gasteiger partial charge is 0.308 e. The average molecular weight is 321 g/mol. The van der Waals surface area contributed by atoms with Gasteiger partial charge in [-0.05, 0) is 36.1 Å². The molecule has 2 aromatic rings. The van der Waals surface area contributed by atoms with E-state index in [1.54, 1.807) is 17.0 Å². The molecule has 1 aromatic carbocycles. The highest BCUT2D eigenvalue weighted by Gasteiger charge is 2.27. The molecule has 3 nitrogen and oxygen atoms in total. The highest BCUT2D eigenvalue weighted by molar-refractivity contribution is 6.33. The number of amides is 1. The molecule has 0 radical (unpaired) electrons. The van der Waals surface area contributed by atoms with Gasteiger partial charge in [-0.3, -0.25) is 4.79 Å². The van der Waals surface area contributed by atoms with Gasteiger partial charge in [-0.15, -0.1) is 0 Å². The summed E-state index contributed by atoms with van der Waals surface area (Å²) >= 11 is 11.8. The van der Waals surface area contributed by atoms with Gasteiger partial charge in [0.15, 0.2) is 0 Å². The van der Waals surface area contributed by atoms with Crippen LogP contribution in [-0.4, -0.2) is 17.4 Å². The molecule has 1 atom stereocenters. The molecule has 0 saturated carbocycles. The van der Waals surface area contributed by atoms with Crippen LogP contribution in [0.4, 0.5) is 5.69 Å². The minimum Gasteiger partial charge on any atom is -0.308 e. The number of rotatable bonds is 1. The van der Waals surface area contributed by atoms with Crippen LogP contribution in [-0.2, 0) is 6.42 Å². The quantitative estimate of drug-likeness (QED) is 0.737. The molecular weight excluding hydrogens is 307 g/mol. The number of fused-ring (bicyclic) bond motifs is 1. The summed E-state index contributed by atoms with van der Waals surface area (Å²) in [6.45, 7) is 2.83. The number of nitrogens with zero attached hydrogens (tertiary/aromatic N) is 2. The number of carbonyl (C=O) groups excluding carboxylic acids is 1. The number of aromatic nitrogens is 1. The predicted octanol–water partition coefficient (Wildman–Crippen LogP) is 4.23. The fourth-order valence-electron chi connectivity index (χ4n) is 2.73. The third-order valence-electron chi connectivity index (χ3n) is 3.60. The van der Waals surface area contributed by atoms with Crippen molar-refractivity contribution in [1.82, 2.24) is 4.98 Å². The van der Waals surface area contributed by atoms with Gasteiger partial charge in [0, 0.05) is 17.8 Å². The predicted molar refractivity (Wildman–Crippen MR) is 85.2 cm³/mol. The maximum atomic E-state index is 12.8. The summed E-state index contributed by atoms with van der Waals surface area (Å²) in [5.41, 5.74) is 2.62. The molecule has 1 aliphatic rings. The van der Waals surface area contributed by atoms with Crippen molar-refractivity contribution < 1.29 is 4.79 Å². The van der Waals surface area contributed by atoms with Crippen LogP contribution in [0.25, 0.3) is 0 Å². The Morgan fingerprint density at radius 3 is 2.62 bits per heavy atom. The van der Waals surface area contributed by atoms with Crippen LogP contribution < -0.4 is 4.90 Å². The van der Waals surface area contributed by atoms with Crippen molar-refractivity contribution in [2.75, 3.05) is 11.4 Å². The number of para-hydroxylation sites is 1. The van der Waals surface area contributed by atoms with E-state index in [-0.39, 0.29) is 16.2 Å². The smallest absolute Gasteiger partial charge is 0.258 e. The van der Waals surface area contributed by atoms with E-state index >= 15 is 0 Å². The number of anilines is 1. The number of pyridine rings is 1. The molecule has 0 bridgehead atoms. The number of hydrogen-bond acceptors (Lipinski definition) is 2. The molecule has 2 heterocycles. The van der Waals surface area contributed by atoms with Crippen molar-refractivity contribution in [2.45, 2.75) is 13.3 Å². The van der Waals surface area contributed by atoms with Crippen molar-refractivity contribution in [3.63, 3.8) is 0 Å². The standard InChI is InChI=1S/C16H14Cl2N2O/c1-10-6-11-4-2-3-5-13(11)20(9-10)16(21)12-7-14(17)19-15(18)8-12/h2-5,7-8,10H,6,9H2,1H3. The Morgan fingerprint density at radius 2 is 1.90 bits per heavy atom. The molecule has 21 heavy (non-hydrogen) atoms. The molecular formula is C16H14Cl2N2O. The molecule has 0 saturated heterocycles. The zero-order valence-corrected chi connectivity index (χ0v) is 13.0. The minimum absolute atomic E-state index is 0.0970. The third kappa shape index (κ3) is 2.89. The van der Waals surface area contributed by atoms with Crippen LogP contribution in [0.3, 0.4) is 0 Å². The van der Waals surface area contributed by atoms with E-state index in [2.05, 4.69) is 18.0 Å². The van der Waals surface area contributed by atoms with E-state index in [0.29, 0.717) is 18.0 Å². The van der Waals surface area contributed by atoms with Crippen LogP contribution in [0.15, 0.2) is 36.4 Å². The lowest BCUT2D eigenvalue weighted by atomic mass is 9.93. The summed E-state index contributed by atoms with van der Waals surface area (Å²) in [4.78, 5) is 18.5. The highest BCUT2D eigenvalue weighted by Crippen LogP contribution is 2.31. The molecule has 1 aromatic heterocycles. The van der Waals surface area contributed by atoms with Gasteiger partial charge in [0.05, 0.1) is 0 Å². The molecule has 1 amide bonds. The van der Waals surface area contributed by atoms with Gasteiger partial charge in [0.1, 0.15) is 10.3 Å². The zero-order chi connectivity index (χ0) is 15.0. The average Bonchev–Trinajstić information content (AvgIpc) is 2.44. The third-order valence-corrected chi connectivity index (χ3v) is 3.99. The molecule has 0 N–H and O–H groups in total. The Bertz CT molecular complexity index is 682. The lowest BCUT2D eigenvalue weighted by molar-refractivity contribution is 0.0981. The SMILES string of the molecule is CC1Cc2ccccc2N(C(=O)c2cc(Cl)nc(Cl)c2)C1. The first-order valence-electron chi connectivity index (χ1n) is 6.77. The van der Waals surface area contributed by atoms with E-state index in [4.69, 9.17) is 23.2 Å². The van der Waals surface area contributed by atoms with Crippen molar-refractivity contribution in [3.05, 3.63) is 57.8 Å². The van der Waals surface area contributed by atoms with Gasteiger partial charge < -0.3 is 4.90 Å². The molecule has 1 unspecified atom stereocenters. The topological polar surface area (TPSA) is 33.2 Å². The second-order valence-corrected chi connectivity index (χ2v) is 6.13. The Hall–Kier alpha value is -1.58. The van der Waals surface area contributed by atoms with Gasteiger partial charge in [-0.25, -0.2) is 4.98 Å². The first-order chi connectivity index (χ1) is 10.0. The second kappa shape index (κ2) is 5.66. The zero-order valence-electron chi connectivity index (χ0n) is 11.5. The van der Waals surface area contributed by atoms with Gasteiger partial charge in [-0.2, -0.15) is 0 Å². The maximum Gasteiger partial charge on any atom is 0.258 e. The molecule has 0 fully saturated rings. The molecule has 0 spiro atoms. The van der Waals surface area contributed by atoms with Crippen molar-refractivity contribution in [2.24, 2.45) is 5.92 Å². The molecule has 0 aliphatic carbocycles. The van der Waals surface area contributed by atoms with Crippen LogP contribution in [0.5, 0.6) is 0 Å². The minimum atomic E-state index is -0.0970. The Morgan fingerprint density at radius 1 is 1.24 bits per heavy atom. The normalized spacial score (nSPS) is 17.5. The van der Waals surface area contributed by atoms with E-state index in [1.807, 2.05) is 18.2 Å². The lowest BCUT2D eigenvalue weighted by Crippen LogP contribution is -2.39. The summed E-state index contributed by atoms with van der Waals surface area (Å²) in [6.07, 6.45) is 0.984. The first kappa shape index (κ1) is 14.4. The lowest BCUT2D eigenvalue weighted by Gasteiger charge is -2.33. The van der Waals surface area contributed by atoms with Gasteiger partial charge in [0.25, 0.3) is 5.91 Å². The number of benzene rings is 1. The Balaban J connectivity index is 2.02. The van der Waals surface area contributed by atoms with Gasteiger partial charge >= 0.3 is 0 Å². The summed E-state index contributed by atoms with van der Waals surface area (Å²) in [7, 11) is 0. The summed E-state index contributed by atoms with van der Waals surface area (Å²) in [5, 5.41) is 0.452. The summed E-state index contributed by atoms with van der Waals surface area (Å²) in [6, 6.07) is 11.1. The fraction of sp³-hybridized carbons (Fsp3) is 0.250. The van der Waals surface area contributed by atoms with Crippen molar-refractivity contribution >= 4 is 34.8 Å². The van der Waals surface area contributed by atoms with Crippen LogP contribution in [0.2, 0.25) is 10.3 Å². The highest BCUT2D eigenvalue weighted by atomic mass is 35.5. The first-order valence-corrected chi connectivity index (χ1v) is 7.53. The number of hydrogen-bond donors (Lipinski definition) is 0. The van der Waals surface area contributed by atoms with Crippen LogP contribution in [0, 0.1) is 5.92 Å². The van der Waals surface area contributed by atoms with Crippen LogP contribution >= 0.6 is 23.2 Å². The van der Waals surface area contributed by atoms with Crippen molar-refractivity contribution in [1.29, 1.82) is 0 Å². The number of halogens is 2. The van der Waals surface area contributed by atoms with Gasteiger partial charge in [0.2, 0.25) is 0 Å². The van der Waals surface area contributed by atoms with Crippen LogP contribution in [0.1, 0.15) is 22.8 Å².